The summed E-state index contributed by atoms with van der Waals surface area (Å²) in [5.74, 6) is 0. The van der Waals surface area contributed by atoms with Gasteiger partial charge in [-0.25, -0.2) is 0 Å². The lowest BCUT2D eigenvalue weighted by atomic mass is 9.33. The number of para-hydroxylation sites is 5. The van der Waals surface area contributed by atoms with Gasteiger partial charge in [-0.3, -0.25) is 0 Å². The Kier molecular flexibility index (Phi) is 19.3. The molecule has 10 aliphatic rings. The molecular formula is C132H101B5N10. The minimum atomic E-state index is 0.222. The molecule has 147 heavy (non-hydrogen) atoms. The minimum Gasteiger partial charge on any atom is -0.345 e. The summed E-state index contributed by atoms with van der Waals surface area (Å²) in [6, 6.07) is 158. The monoisotopic (exact) mass is 1880 g/mol. The summed E-state index contributed by atoms with van der Waals surface area (Å²) in [5, 5.41) is 20.9. The van der Waals surface area contributed by atoms with Crippen LogP contribution in [0.4, 0.5) is 114 Å². The number of rotatable bonds is 0. The fourth-order valence-electron chi connectivity index (χ4n) is 27.7. The summed E-state index contributed by atoms with van der Waals surface area (Å²) in [6.45, 7) is 1.24. The summed E-state index contributed by atoms with van der Waals surface area (Å²) < 4.78 is 0. The lowest BCUT2D eigenvalue weighted by Gasteiger charge is -2.43. The van der Waals surface area contributed by atoms with E-state index in [1.54, 1.807) is 0 Å². The van der Waals surface area contributed by atoms with Crippen LogP contribution in [0.15, 0.2) is 431 Å². The third-order valence-corrected chi connectivity index (χ3v) is 34.2. The number of anilines is 20. The fraction of sp³-hybridized carbons (Fsp3) is 0.0758. The fourth-order valence-corrected chi connectivity index (χ4v) is 27.7. The number of benzene rings is 23. The van der Waals surface area contributed by atoms with Gasteiger partial charge in [-0.1, -0.05) is 346 Å². The van der Waals surface area contributed by atoms with E-state index in [9.17, 15) is 0 Å². The molecule has 10 nitrogen and oxygen atoms in total. The van der Waals surface area contributed by atoms with E-state index in [2.05, 4.69) is 550 Å². The topological polar surface area (TPSA) is 32.4 Å². The number of fused-ring (bicyclic) bond motifs is 35. The summed E-state index contributed by atoms with van der Waals surface area (Å²) >= 11 is 0. The van der Waals surface area contributed by atoms with Crippen LogP contribution in [0, 0.1) is 0 Å². The average molecular weight is 1880 g/mol. The summed E-state index contributed by atoms with van der Waals surface area (Å²) in [6.07, 6.45) is 0. The van der Waals surface area contributed by atoms with Crippen molar-refractivity contribution >= 4 is 315 Å². The van der Waals surface area contributed by atoms with E-state index in [4.69, 9.17) is 0 Å². The molecule has 0 N–H and O–H groups in total. The van der Waals surface area contributed by atoms with E-state index < -0.39 is 0 Å². The van der Waals surface area contributed by atoms with Crippen LogP contribution in [0.1, 0.15) is 0 Å². The van der Waals surface area contributed by atoms with Crippen molar-refractivity contribution < 1.29 is 0 Å². The van der Waals surface area contributed by atoms with Crippen molar-refractivity contribution in [3.05, 3.63) is 431 Å². The zero-order valence-corrected chi connectivity index (χ0v) is 83.9. The molecule has 23 aromatic rings. The highest BCUT2D eigenvalue weighted by Crippen LogP contribution is 2.49. The van der Waals surface area contributed by atoms with Crippen molar-refractivity contribution in [2.45, 2.75) is 0 Å². The maximum atomic E-state index is 2.44. The smallest absolute Gasteiger partial charge is 0.252 e. The normalized spacial score (nSPS) is 14.0. The maximum absolute atomic E-state index is 2.44. The van der Waals surface area contributed by atoms with Crippen LogP contribution in [-0.2, 0) is 0 Å². The highest BCUT2D eigenvalue weighted by atomic mass is 15.2. The molecule has 0 radical (unpaired) electrons. The molecule has 15 heteroatoms. The van der Waals surface area contributed by atoms with Crippen LogP contribution in [0.5, 0.6) is 0 Å². The molecule has 0 saturated carbocycles. The van der Waals surface area contributed by atoms with Gasteiger partial charge < -0.3 is 49.0 Å². The van der Waals surface area contributed by atoms with Crippen molar-refractivity contribution in [1.82, 2.24) is 0 Å². The van der Waals surface area contributed by atoms with E-state index in [0.717, 1.165) is 0 Å². The second-order valence-corrected chi connectivity index (χ2v) is 41.3. The minimum absolute atomic E-state index is 0.222. The van der Waals surface area contributed by atoms with E-state index in [1.165, 1.54) is 282 Å². The Bertz CT molecular complexity index is 9540. The van der Waals surface area contributed by atoms with Gasteiger partial charge in [-0.2, -0.15) is 0 Å². The first kappa shape index (κ1) is 86.2. The van der Waals surface area contributed by atoms with Crippen molar-refractivity contribution in [2.75, 3.05) is 119 Å². The summed E-state index contributed by atoms with van der Waals surface area (Å²) in [7, 11) is 22.1. The van der Waals surface area contributed by atoms with Gasteiger partial charge in [-0.15, -0.1) is 0 Å². The van der Waals surface area contributed by atoms with Crippen LogP contribution in [0.2, 0.25) is 0 Å². The van der Waals surface area contributed by atoms with Crippen molar-refractivity contribution in [2.24, 2.45) is 0 Å². The molecule has 694 valence electrons. The molecule has 10 heterocycles. The molecule has 10 aliphatic heterocycles. The number of hydrogen-bond acceptors (Lipinski definition) is 10. The van der Waals surface area contributed by atoms with Gasteiger partial charge in [0, 0.05) is 217 Å². The van der Waals surface area contributed by atoms with E-state index >= 15 is 0 Å². The Labute approximate surface area is 859 Å². The Morgan fingerprint density at radius 1 is 0.116 bits per heavy atom. The molecule has 0 atom stereocenters. The predicted molar refractivity (Wildman–Crippen MR) is 641 cm³/mol. The molecule has 0 fully saturated rings. The average Bonchev–Trinajstić information content (AvgIpc) is 0.712. The predicted octanol–water partition coefficient (Wildman–Crippen LogP) is 21.1. The number of hydrogen-bond donors (Lipinski definition) is 0. The molecule has 33 rings (SSSR count). The van der Waals surface area contributed by atoms with E-state index in [0.29, 0.717) is 0 Å². The van der Waals surface area contributed by atoms with E-state index in [-0.39, 0.29) is 33.6 Å². The first-order valence-electron chi connectivity index (χ1n) is 51.5. The zero-order valence-electron chi connectivity index (χ0n) is 83.9. The molecule has 23 aromatic carbocycles. The van der Waals surface area contributed by atoms with Gasteiger partial charge in [0.15, 0.2) is 0 Å². The molecule has 0 saturated heterocycles. The van der Waals surface area contributed by atoms with Crippen LogP contribution >= 0.6 is 0 Å². The Hall–Kier alpha value is -17.5. The summed E-state index contributed by atoms with van der Waals surface area (Å²) in [5.41, 5.74) is 47.3. The van der Waals surface area contributed by atoms with Crippen molar-refractivity contribution in [3.8, 4) is 0 Å². The molecule has 0 spiro atoms. The highest BCUT2D eigenvalue weighted by Gasteiger charge is 2.49. The van der Waals surface area contributed by atoms with E-state index in [1.807, 2.05) is 0 Å². The quantitative estimate of drug-likeness (QED) is 0.137. The van der Waals surface area contributed by atoms with Crippen LogP contribution in [-0.4, -0.2) is 104 Å². The maximum Gasteiger partial charge on any atom is 0.252 e. The summed E-state index contributed by atoms with van der Waals surface area (Å²) in [4.78, 5) is 23.8. The molecule has 0 bridgehead atoms. The van der Waals surface area contributed by atoms with Gasteiger partial charge in [0.2, 0.25) is 0 Å². The Morgan fingerprint density at radius 2 is 0.340 bits per heavy atom. The van der Waals surface area contributed by atoms with Gasteiger partial charge >= 0.3 is 0 Å². The molecular weight excluding hydrogens is 1780 g/mol. The highest BCUT2D eigenvalue weighted by molar-refractivity contribution is 7.04. The van der Waals surface area contributed by atoms with Crippen molar-refractivity contribution in [1.29, 1.82) is 0 Å². The number of nitrogens with zero attached hydrogens (tertiary/aromatic N) is 10. The Morgan fingerprint density at radius 3 is 0.741 bits per heavy atom. The zero-order chi connectivity index (χ0) is 98.3. The second kappa shape index (κ2) is 33.0. The van der Waals surface area contributed by atoms with Gasteiger partial charge in [0.1, 0.15) is 0 Å². The van der Waals surface area contributed by atoms with Crippen LogP contribution in [0.25, 0.3) is 86.2 Å². The van der Waals surface area contributed by atoms with Gasteiger partial charge in [-0.05, 0) is 221 Å². The van der Waals surface area contributed by atoms with Crippen LogP contribution < -0.4 is 131 Å². The molecule has 0 amide bonds. The van der Waals surface area contributed by atoms with Gasteiger partial charge in [0.05, 0.1) is 0 Å². The molecule has 0 unspecified atom stereocenters. The van der Waals surface area contributed by atoms with Gasteiger partial charge in [0.25, 0.3) is 33.6 Å². The first-order chi connectivity index (χ1) is 72.2. The lowest BCUT2D eigenvalue weighted by molar-refractivity contribution is 1.18. The largest absolute Gasteiger partial charge is 0.345 e. The molecule has 0 aromatic heterocycles. The molecule has 0 aliphatic carbocycles. The lowest BCUT2D eigenvalue weighted by Crippen LogP contribution is -2.61. The van der Waals surface area contributed by atoms with Crippen LogP contribution in [0.3, 0.4) is 0 Å². The second-order valence-electron chi connectivity index (χ2n) is 41.3. The van der Waals surface area contributed by atoms with Crippen molar-refractivity contribution in [3.63, 3.8) is 0 Å². The third kappa shape index (κ3) is 12.5. The standard InChI is InChI=1S/3C28H21BN2.2C24H19BN2/c1-30-24-14-8-7-13-22(24)29-23-16-15-18-9-3-5-11-20(18)27(23)31(2)25-17-19-10-4-6-12-21(19)28(30)26(25)29;1-30-24-14-8-7-13-22(24)29-23-16-15-18-9-3-5-11-20(18)27(23)31(2)28-21-12-6-4-10-19(21)17-25(30)26(28)29;1-30-23-12-7-13-24-28(23)29(27-21-11-6-5-8-18(21)14-15-25(27)30)22-16-19-9-3-4-10-20(19)17-26(22)31(24)2;1-26-20-13-7-5-11-18(20)25-19-12-6-8-14-21(19)27(2)24-17-10-4-3-9-16(17)15-22(26)23(24)25;1-26-20-11-6-5-10-18(20)25-19-15-14-16-8-3-4-9-17(16)24(19)27(2)22-13-7-12-21(26)23(22)25/h3*3-17H,1-2H3;2*3-15H,1-2H3. The Balaban J connectivity index is 0.0000000869. The third-order valence-electron chi connectivity index (χ3n) is 34.2. The SMILES string of the molecule is CN1c2cc3ccccc3c3c2B(c2ccccc2N3C)c2ccc3ccccc3c21.CN1c2cc3ccccc3cc2B2c3c1cccc3N(C)c1ccc3ccccc3c12.CN1c2ccccc2B2c3ccc4ccccc4c3N(C)c3c2c1cc1ccccc31.CN1c2ccccc2B2c3ccc4ccccc4c3N(C)c3cccc1c32.CN1c2ccccc2B2c3ccccc3N(C)c3c2c1cc1ccccc31. The first-order valence-corrected chi connectivity index (χ1v) is 51.5.